The van der Waals surface area contributed by atoms with Gasteiger partial charge in [-0.25, -0.2) is 0 Å². The van der Waals surface area contributed by atoms with E-state index in [1.165, 1.54) is 0 Å². The second kappa shape index (κ2) is 7.14. The summed E-state index contributed by atoms with van der Waals surface area (Å²) < 4.78 is 10.7. The average Bonchev–Trinajstić information content (AvgIpc) is 2.34. The average molecular weight is 240 g/mol. The van der Waals surface area contributed by atoms with Crippen molar-refractivity contribution in [1.82, 2.24) is 0 Å². The number of methoxy groups -OCH3 is 1. The SMILES string of the molecule is COc1ccccc1OC[C@@H](O)C[NH2+]C(C)C. The molecule has 0 unspecified atom stereocenters. The van der Waals surface area contributed by atoms with Crippen molar-refractivity contribution in [3.63, 3.8) is 0 Å². The van der Waals surface area contributed by atoms with E-state index in [1.54, 1.807) is 7.11 Å². The number of hydrogen-bond donors (Lipinski definition) is 2. The van der Waals surface area contributed by atoms with Crippen LogP contribution >= 0.6 is 0 Å². The van der Waals surface area contributed by atoms with E-state index < -0.39 is 6.10 Å². The molecule has 1 atom stereocenters. The van der Waals surface area contributed by atoms with Crippen LogP contribution in [0.5, 0.6) is 11.5 Å². The van der Waals surface area contributed by atoms with Crippen molar-refractivity contribution < 1.29 is 19.9 Å². The molecule has 0 spiro atoms. The molecule has 0 aliphatic carbocycles. The molecule has 0 bridgehead atoms. The molecule has 4 heteroatoms. The van der Waals surface area contributed by atoms with Crippen LogP contribution in [0.2, 0.25) is 0 Å². The number of para-hydroxylation sites is 2. The predicted molar refractivity (Wildman–Crippen MR) is 66.4 cm³/mol. The maximum absolute atomic E-state index is 9.73. The molecule has 0 aliphatic rings. The summed E-state index contributed by atoms with van der Waals surface area (Å²) in [6.45, 7) is 5.11. The molecule has 96 valence electrons. The topological polar surface area (TPSA) is 55.3 Å². The van der Waals surface area contributed by atoms with Gasteiger partial charge in [-0.2, -0.15) is 0 Å². The van der Waals surface area contributed by atoms with Gasteiger partial charge in [-0.15, -0.1) is 0 Å². The monoisotopic (exact) mass is 240 g/mol. The second-order valence-electron chi connectivity index (χ2n) is 4.33. The van der Waals surface area contributed by atoms with Crippen LogP contribution in [-0.4, -0.2) is 37.5 Å². The van der Waals surface area contributed by atoms with Gasteiger partial charge in [0.25, 0.3) is 0 Å². The van der Waals surface area contributed by atoms with Gasteiger partial charge in [0.2, 0.25) is 0 Å². The Morgan fingerprint density at radius 2 is 1.88 bits per heavy atom. The molecule has 0 aromatic heterocycles. The zero-order valence-electron chi connectivity index (χ0n) is 10.7. The van der Waals surface area contributed by atoms with Crippen LogP contribution in [0.4, 0.5) is 0 Å². The molecular formula is C13H22NO3+. The summed E-state index contributed by atoms with van der Waals surface area (Å²) in [4.78, 5) is 0. The summed E-state index contributed by atoms with van der Waals surface area (Å²) in [6, 6.07) is 7.91. The first kappa shape index (κ1) is 13.8. The van der Waals surface area contributed by atoms with Gasteiger partial charge < -0.3 is 19.9 Å². The number of benzene rings is 1. The third-order valence-corrected chi connectivity index (χ3v) is 2.38. The molecule has 1 aromatic rings. The number of rotatable bonds is 7. The second-order valence-corrected chi connectivity index (χ2v) is 4.33. The molecule has 0 fully saturated rings. The van der Waals surface area contributed by atoms with E-state index >= 15 is 0 Å². The van der Waals surface area contributed by atoms with Crippen LogP contribution < -0.4 is 14.8 Å². The van der Waals surface area contributed by atoms with Crippen LogP contribution in [0.1, 0.15) is 13.8 Å². The number of aliphatic hydroxyl groups excluding tert-OH is 1. The van der Waals surface area contributed by atoms with Gasteiger partial charge in [0, 0.05) is 0 Å². The normalized spacial score (nSPS) is 12.5. The molecule has 4 nitrogen and oxygen atoms in total. The van der Waals surface area contributed by atoms with Crippen LogP contribution in [-0.2, 0) is 0 Å². The fraction of sp³-hybridized carbons (Fsp3) is 0.538. The largest absolute Gasteiger partial charge is 0.493 e. The van der Waals surface area contributed by atoms with Gasteiger partial charge in [0.15, 0.2) is 11.5 Å². The van der Waals surface area contributed by atoms with Crippen LogP contribution in [0, 0.1) is 0 Å². The minimum atomic E-state index is -0.470. The van der Waals surface area contributed by atoms with Gasteiger partial charge in [0.05, 0.1) is 13.2 Å². The molecule has 1 rings (SSSR count). The number of ether oxygens (including phenoxy) is 2. The highest BCUT2D eigenvalue weighted by Crippen LogP contribution is 2.25. The first-order chi connectivity index (χ1) is 8.13. The zero-order valence-corrected chi connectivity index (χ0v) is 10.7. The number of aliphatic hydroxyl groups is 1. The van der Waals surface area contributed by atoms with Crippen molar-refractivity contribution in [3.8, 4) is 11.5 Å². The Bertz CT molecular complexity index is 328. The first-order valence-corrected chi connectivity index (χ1v) is 5.90. The van der Waals surface area contributed by atoms with Gasteiger partial charge in [-0.05, 0) is 26.0 Å². The van der Waals surface area contributed by atoms with Gasteiger partial charge >= 0.3 is 0 Å². The van der Waals surface area contributed by atoms with E-state index in [0.717, 1.165) is 0 Å². The fourth-order valence-electron chi connectivity index (χ4n) is 1.42. The van der Waals surface area contributed by atoms with Gasteiger partial charge in [-0.3, -0.25) is 0 Å². The van der Waals surface area contributed by atoms with Crippen molar-refractivity contribution >= 4 is 0 Å². The summed E-state index contributed by atoms with van der Waals surface area (Å²) in [5.74, 6) is 1.35. The summed E-state index contributed by atoms with van der Waals surface area (Å²) in [6.07, 6.45) is -0.470. The van der Waals surface area contributed by atoms with E-state index in [1.807, 2.05) is 24.3 Å². The molecule has 17 heavy (non-hydrogen) atoms. The van der Waals surface area contributed by atoms with Crippen molar-refractivity contribution in [1.29, 1.82) is 0 Å². The number of nitrogens with two attached hydrogens (primary N) is 1. The summed E-state index contributed by atoms with van der Waals surface area (Å²) in [5.41, 5.74) is 0. The molecule has 1 aromatic carbocycles. The van der Waals surface area contributed by atoms with E-state index in [4.69, 9.17) is 9.47 Å². The van der Waals surface area contributed by atoms with Crippen molar-refractivity contribution in [3.05, 3.63) is 24.3 Å². The lowest BCUT2D eigenvalue weighted by Crippen LogP contribution is -2.90. The Morgan fingerprint density at radius 3 is 2.47 bits per heavy atom. The molecule has 3 N–H and O–H groups in total. The molecule has 0 aliphatic heterocycles. The van der Waals surface area contributed by atoms with E-state index in [2.05, 4.69) is 19.2 Å². The molecule has 0 amide bonds. The number of quaternary nitrogens is 1. The van der Waals surface area contributed by atoms with Crippen molar-refractivity contribution in [2.24, 2.45) is 0 Å². The standard InChI is InChI=1S/C13H21NO3/c1-10(2)14-8-11(15)9-17-13-7-5-4-6-12(13)16-3/h4-7,10-11,14-15H,8-9H2,1-3H3/p+1/t11-/m0/s1. The number of hydrogen-bond acceptors (Lipinski definition) is 3. The minimum Gasteiger partial charge on any atom is -0.493 e. The smallest absolute Gasteiger partial charge is 0.161 e. The minimum absolute atomic E-state index is 0.281. The highest BCUT2D eigenvalue weighted by atomic mass is 16.5. The van der Waals surface area contributed by atoms with Crippen LogP contribution in [0.25, 0.3) is 0 Å². The first-order valence-electron chi connectivity index (χ1n) is 5.90. The van der Waals surface area contributed by atoms with Crippen LogP contribution in [0.3, 0.4) is 0 Å². The maximum Gasteiger partial charge on any atom is 0.161 e. The third kappa shape index (κ3) is 5.06. The molecule has 0 saturated heterocycles. The summed E-state index contributed by atoms with van der Waals surface area (Å²) >= 11 is 0. The lowest BCUT2D eigenvalue weighted by molar-refractivity contribution is -0.688. The molecule has 0 saturated carbocycles. The van der Waals surface area contributed by atoms with Crippen LogP contribution in [0.15, 0.2) is 24.3 Å². The summed E-state index contributed by atoms with van der Waals surface area (Å²) in [7, 11) is 1.60. The van der Waals surface area contributed by atoms with E-state index in [9.17, 15) is 5.11 Å². The molecular weight excluding hydrogens is 218 g/mol. The van der Waals surface area contributed by atoms with Crippen molar-refractivity contribution in [2.75, 3.05) is 20.3 Å². The Morgan fingerprint density at radius 1 is 1.24 bits per heavy atom. The lowest BCUT2D eigenvalue weighted by Gasteiger charge is -2.14. The zero-order chi connectivity index (χ0) is 12.7. The third-order valence-electron chi connectivity index (χ3n) is 2.38. The molecule has 0 heterocycles. The lowest BCUT2D eigenvalue weighted by atomic mass is 10.3. The Balaban J connectivity index is 2.39. The van der Waals surface area contributed by atoms with E-state index in [-0.39, 0.29) is 6.61 Å². The fourth-order valence-corrected chi connectivity index (χ4v) is 1.42. The van der Waals surface area contributed by atoms with E-state index in [0.29, 0.717) is 24.1 Å². The van der Waals surface area contributed by atoms with Crippen molar-refractivity contribution in [2.45, 2.75) is 26.0 Å². The Labute approximate surface area is 103 Å². The Hall–Kier alpha value is -1.26. The predicted octanol–water partition coefficient (Wildman–Crippen LogP) is 0.407. The summed E-state index contributed by atoms with van der Waals surface area (Å²) in [5, 5.41) is 11.8. The Kier molecular flexibility index (Phi) is 5.80. The quantitative estimate of drug-likeness (QED) is 0.725. The maximum atomic E-state index is 9.73. The molecule has 0 radical (unpaired) electrons. The van der Waals surface area contributed by atoms with Gasteiger partial charge in [0.1, 0.15) is 19.3 Å². The highest BCUT2D eigenvalue weighted by molar-refractivity contribution is 5.39. The van der Waals surface area contributed by atoms with Gasteiger partial charge in [-0.1, -0.05) is 12.1 Å². The highest BCUT2D eigenvalue weighted by Gasteiger charge is 2.10.